The van der Waals surface area contributed by atoms with E-state index in [1.165, 1.54) is 6.07 Å². The molecule has 1 N–H and O–H groups in total. The third-order valence-corrected chi connectivity index (χ3v) is 4.81. The SMILES string of the molecule is O=[N+]([O-])c1ccc(NCc2ccc(Br)c(Br)c2)cc1Cl. The van der Waals surface area contributed by atoms with Gasteiger partial charge >= 0.3 is 0 Å². The smallest absolute Gasteiger partial charge is 0.288 e. The molecule has 2 aromatic carbocycles. The van der Waals surface area contributed by atoms with Crippen molar-refractivity contribution in [1.29, 1.82) is 0 Å². The first-order valence-electron chi connectivity index (χ1n) is 5.59. The Morgan fingerprint density at radius 3 is 2.50 bits per heavy atom. The second-order valence-corrected chi connectivity index (χ2v) is 6.14. The molecule has 0 bridgehead atoms. The van der Waals surface area contributed by atoms with E-state index in [2.05, 4.69) is 37.2 Å². The van der Waals surface area contributed by atoms with Gasteiger partial charge in [-0.2, -0.15) is 0 Å². The molecular weight excluding hydrogens is 411 g/mol. The number of anilines is 1. The maximum atomic E-state index is 10.7. The zero-order valence-electron chi connectivity index (χ0n) is 10.1. The number of rotatable bonds is 4. The van der Waals surface area contributed by atoms with Crippen molar-refractivity contribution in [3.8, 4) is 0 Å². The van der Waals surface area contributed by atoms with Crippen LogP contribution in [0.3, 0.4) is 0 Å². The van der Waals surface area contributed by atoms with Gasteiger partial charge in [0.15, 0.2) is 0 Å². The van der Waals surface area contributed by atoms with Crippen LogP contribution in [0.15, 0.2) is 45.3 Å². The lowest BCUT2D eigenvalue weighted by atomic mass is 10.2. The molecule has 0 heterocycles. The second-order valence-electron chi connectivity index (χ2n) is 4.03. The van der Waals surface area contributed by atoms with E-state index in [-0.39, 0.29) is 10.7 Å². The lowest BCUT2D eigenvalue weighted by molar-refractivity contribution is -0.384. The highest BCUT2D eigenvalue weighted by Gasteiger charge is 2.11. The fraction of sp³-hybridized carbons (Fsp3) is 0.0769. The summed E-state index contributed by atoms with van der Waals surface area (Å²) < 4.78 is 1.96. The van der Waals surface area contributed by atoms with Crippen molar-refractivity contribution in [2.75, 3.05) is 5.32 Å². The maximum absolute atomic E-state index is 10.7. The van der Waals surface area contributed by atoms with E-state index >= 15 is 0 Å². The number of nitrogens with zero attached hydrogens (tertiary/aromatic N) is 1. The maximum Gasteiger partial charge on any atom is 0.288 e. The zero-order valence-corrected chi connectivity index (χ0v) is 14.0. The van der Waals surface area contributed by atoms with E-state index < -0.39 is 4.92 Å². The van der Waals surface area contributed by atoms with E-state index in [1.54, 1.807) is 12.1 Å². The van der Waals surface area contributed by atoms with Crippen molar-refractivity contribution in [1.82, 2.24) is 0 Å². The van der Waals surface area contributed by atoms with Gasteiger partial charge in [-0.3, -0.25) is 10.1 Å². The Balaban J connectivity index is 2.09. The number of hydrogen-bond acceptors (Lipinski definition) is 3. The number of nitro benzene ring substituents is 1. The van der Waals surface area contributed by atoms with Crippen molar-refractivity contribution in [3.05, 3.63) is 66.0 Å². The highest BCUT2D eigenvalue weighted by molar-refractivity contribution is 9.13. The summed E-state index contributed by atoms with van der Waals surface area (Å²) in [7, 11) is 0. The van der Waals surface area contributed by atoms with E-state index in [0.29, 0.717) is 6.54 Å². The van der Waals surface area contributed by atoms with Gasteiger partial charge in [0.1, 0.15) is 5.02 Å². The summed E-state index contributed by atoms with van der Waals surface area (Å²) in [4.78, 5) is 10.2. The molecule has 4 nitrogen and oxygen atoms in total. The molecule has 7 heteroatoms. The Kier molecular flexibility index (Phi) is 5.01. The molecule has 0 aromatic heterocycles. The third-order valence-electron chi connectivity index (χ3n) is 2.63. The van der Waals surface area contributed by atoms with E-state index in [0.717, 1.165) is 20.2 Å². The molecule has 0 aliphatic heterocycles. The first kappa shape index (κ1) is 15.3. The predicted octanol–water partition coefficient (Wildman–Crippen LogP) is 5.39. The molecule has 0 spiro atoms. The quantitative estimate of drug-likeness (QED) is 0.533. The lowest BCUT2D eigenvalue weighted by Crippen LogP contribution is -2.00. The molecule has 0 unspecified atom stereocenters. The molecule has 0 atom stereocenters. The van der Waals surface area contributed by atoms with Gasteiger partial charge in [-0.25, -0.2) is 0 Å². The molecule has 0 fully saturated rings. The molecule has 0 radical (unpaired) electrons. The van der Waals surface area contributed by atoms with Gasteiger partial charge in [0, 0.05) is 27.2 Å². The summed E-state index contributed by atoms with van der Waals surface area (Å²) >= 11 is 12.7. The van der Waals surface area contributed by atoms with Crippen LogP contribution in [0.2, 0.25) is 5.02 Å². The summed E-state index contributed by atoms with van der Waals surface area (Å²) in [5.41, 5.74) is 1.72. The first-order chi connectivity index (χ1) is 9.47. The molecule has 0 amide bonds. The summed E-state index contributed by atoms with van der Waals surface area (Å²) in [5, 5.41) is 14.0. The highest BCUT2D eigenvalue weighted by Crippen LogP contribution is 2.28. The number of benzene rings is 2. The number of halogens is 3. The van der Waals surface area contributed by atoms with Crippen molar-refractivity contribution in [2.24, 2.45) is 0 Å². The Bertz CT molecular complexity index is 665. The lowest BCUT2D eigenvalue weighted by Gasteiger charge is -2.08. The molecular formula is C13H9Br2ClN2O2. The number of nitrogens with one attached hydrogen (secondary N) is 1. The monoisotopic (exact) mass is 418 g/mol. The van der Waals surface area contributed by atoms with E-state index in [9.17, 15) is 10.1 Å². The van der Waals surface area contributed by atoms with Crippen LogP contribution < -0.4 is 5.32 Å². The van der Waals surface area contributed by atoms with Crippen molar-refractivity contribution >= 4 is 54.8 Å². The predicted molar refractivity (Wildman–Crippen MR) is 87.3 cm³/mol. The largest absolute Gasteiger partial charge is 0.381 e. The molecule has 0 aliphatic rings. The van der Waals surface area contributed by atoms with Crippen LogP contribution in [0, 0.1) is 10.1 Å². The molecule has 2 aromatic rings. The Morgan fingerprint density at radius 2 is 1.90 bits per heavy atom. The minimum atomic E-state index is -0.502. The van der Waals surface area contributed by atoms with Gasteiger partial charge in [0.25, 0.3) is 5.69 Å². The van der Waals surface area contributed by atoms with E-state index in [4.69, 9.17) is 11.6 Å². The van der Waals surface area contributed by atoms with Crippen LogP contribution in [-0.2, 0) is 6.54 Å². The van der Waals surface area contributed by atoms with Crippen molar-refractivity contribution in [3.63, 3.8) is 0 Å². The minimum Gasteiger partial charge on any atom is -0.381 e. The van der Waals surface area contributed by atoms with Gasteiger partial charge in [0.05, 0.1) is 4.92 Å². The average Bonchev–Trinajstić information content (AvgIpc) is 2.40. The molecule has 104 valence electrons. The van der Waals surface area contributed by atoms with Crippen LogP contribution in [0.4, 0.5) is 11.4 Å². The summed E-state index contributed by atoms with van der Waals surface area (Å²) in [6.07, 6.45) is 0. The van der Waals surface area contributed by atoms with Gasteiger partial charge in [-0.05, 0) is 61.7 Å². The normalized spacial score (nSPS) is 10.3. The van der Waals surface area contributed by atoms with Crippen LogP contribution in [0.1, 0.15) is 5.56 Å². The van der Waals surface area contributed by atoms with Crippen LogP contribution in [0.5, 0.6) is 0 Å². The number of hydrogen-bond donors (Lipinski definition) is 1. The standard InChI is InChI=1S/C13H9Br2ClN2O2/c14-10-3-1-8(5-11(10)15)7-17-9-2-4-13(18(19)20)12(16)6-9/h1-6,17H,7H2. The summed E-state index contributed by atoms with van der Waals surface area (Å²) in [6, 6.07) is 10.5. The Morgan fingerprint density at radius 1 is 1.15 bits per heavy atom. The Hall–Kier alpha value is -1.11. The van der Waals surface area contributed by atoms with Crippen LogP contribution in [0.25, 0.3) is 0 Å². The van der Waals surface area contributed by atoms with Crippen LogP contribution >= 0.6 is 43.5 Å². The molecule has 0 aliphatic carbocycles. The Labute approximate surface area is 137 Å². The van der Waals surface area contributed by atoms with Crippen molar-refractivity contribution < 1.29 is 4.92 Å². The van der Waals surface area contributed by atoms with Gasteiger partial charge in [-0.15, -0.1) is 0 Å². The average molecular weight is 420 g/mol. The number of nitro groups is 1. The van der Waals surface area contributed by atoms with Gasteiger partial charge < -0.3 is 5.32 Å². The topological polar surface area (TPSA) is 55.2 Å². The van der Waals surface area contributed by atoms with Gasteiger partial charge in [-0.1, -0.05) is 17.7 Å². The third kappa shape index (κ3) is 3.71. The first-order valence-corrected chi connectivity index (χ1v) is 7.55. The molecule has 0 saturated carbocycles. The fourth-order valence-corrected chi connectivity index (χ4v) is 2.54. The highest BCUT2D eigenvalue weighted by atomic mass is 79.9. The van der Waals surface area contributed by atoms with E-state index in [1.807, 2.05) is 18.2 Å². The molecule has 2 rings (SSSR count). The van der Waals surface area contributed by atoms with Gasteiger partial charge in [0.2, 0.25) is 0 Å². The van der Waals surface area contributed by atoms with Crippen molar-refractivity contribution in [2.45, 2.75) is 6.54 Å². The fourth-order valence-electron chi connectivity index (χ4n) is 1.62. The summed E-state index contributed by atoms with van der Waals surface area (Å²) in [6.45, 7) is 0.597. The minimum absolute atomic E-state index is 0.0939. The zero-order chi connectivity index (χ0) is 14.7. The van der Waals surface area contributed by atoms with Crippen LogP contribution in [-0.4, -0.2) is 4.92 Å². The molecule has 0 saturated heterocycles. The molecule has 20 heavy (non-hydrogen) atoms. The summed E-state index contributed by atoms with van der Waals surface area (Å²) in [5.74, 6) is 0. The second kappa shape index (κ2) is 6.56.